The maximum atomic E-state index is 10.7. The molecule has 0 bridgehead atoms. The van der Waals surface area contributed by atoms with Gasteiger partial charge in [0.1, 0.15) is 5.88 Å². The fourth-order valence-electron chi connectivity index (χ4n) is 1.06. The third-order valence-corrected chi connectivity index (χ3v) is 1.95. The lowest BCUT2D eigenvalue weighted by molar-refractivity contribution is -0.118. The van der Waals surface area contributed by atoms with E-state index in [0.29, 0.717) is 6.54 Å². The van der Waals surface area contributed by atoms with E-state index >= 15 is 0 Å². The van der Waals surface area contributed by atoms with Crippen molar-refractivity contribution >= 4 is 17.5 Å². The van der Waals surface area contributed by atoms with Crippen molar-refractivity contribution in [2.24, 2.45) is 0 Å². The van der Waals surface area contributed by atoms with E-state index in [9.17, 15) is 4.79 Å². The summed E-state index contributed by atoms with van der Waals surface area (Å²) < 4.78 is 2.08. The molecule has 1 rings (SSSR count). The Kier molecular flexibility index (Phi) is 4.40. The molecule has 0 aromatic carbocycles. The highest BCUT2D eigenvalue weighted by Crippen LogP contribution is 1.91. The minimum atomic E-state index is -0.103. The number of nitrogens with one attached hydrogen (secondary N) is 1. The summed E-state index contributed by atoms with van der Waals surface area (Å²) in [6.07, 6.45) is 4.93. The molecular weight excluding hydrogens is 188 g/mol. The van der Waals surface area contributed by atoms with Crippen molar-refractivity contribution in [1.82, 2.24) is 9.88 Å². The molecule has 0 aliphatic heterocycles. The SMILES string of the molecule is O=C(CCl)NCCCn1cccc1. The number of amides is 1. The van der Waals surface area contributed by atoms with Crippen molar-refractivity contribution in [2.45, 2.75) is 13.0 Å². The Bertz CT molecular complexity index is 246. The predicted octanol–water partition coefficient (Wildman–Crippen LogP) is 1.23. The Labute approximate surface area is 82.7 Å². The van der Waals surface area contributed by atoms with Gasteiger partial charge in [0.15, 0.2) is 0 Å². The molecule has 1 heterocycles. The fourth-order valence-corrected chi connectivity index (χ4v) is 1.15. The molecule has 1 amide bonds. The van der Waals surface area contributed by atoms with Crippen LogP contribution in [0.2, 0.25) is 0 Å². The molecule has 0 saturated carbocycles. The zero-order chi connectivity index (χ0) is 9.52. The highest BCUT2D eigenvalue weighted by molar-refractivity contribution is 6.27. The van der Waals surface area contributed by atoms with Crippen molar-refractivity contribution in [3.63, 3.8) is 0 Å². The topological polar surface area (TPSA) is 34.0 Å². The second kappa shape index (κ2) is 5.65. The second-order valence-electron chi connectivity index (χ2n) is 2.76. The summed E-state index contributed by atoms with van der Waals surface area (Å²) >= 11 is 5.31. The van der Waals surface area contributed by atoms with Gasteiger partial charge in [0.2, 0.25) is 5.91 Å². The number of hydrogen-bond donors (Lipinski definition) is 1. The molecule has 1 aromatic rings. The zero-order valence-electron chi connectivity index (χ0n) is 7.37. The Morgan fingerprint density at radius 3 is 2.69 bits per heavy atom. The van der Waals surface area contributed by atoms with Gasteiger partial charge in [0.05, 0.1) is 0 Å². The molecule has 0 radical (unpaired) electrons. The average Bonchev–Trinajstić information content (AvgIpc) is 2.64. The van der Waals surface area contributed by atoms with E-state index < -0.39 is 0 Å². The number of nitrogens with zero attached hydrogens (tertiary/aromatic N) is 1. The van der Waals surface area contributed by atoms with Crippen LogP contribution in [0.5, 0.6) is 0 Å². The van der Waals surface area contributed by atoms with Gasteiger partial charge in [-0.1, -0.05) is 0 Å². The van der Waals surface area contributed by atoms with E-state index in [-0.39, 0.29) is 11.8 Å². The van der Waals surface area contributed by atoms with E-state index in [1.54, 1.807) is 0 Å². The summed E-state index contributed by atoms with van der Waals surface area (Å²) in [6.45, 7) is 1.61. The van der Waals surface area contributed by atoms with Gasteiger partial charge in [-0.05, 0) is 18.6 Å². The van der Waals surface area contributed by atoms with E-state index in [1.165, 1.54) is 0 Å². The molecule has 1 N–H and O–H groups in total. The van der Waals surface area contributed by atoms with Crippen LogP contribution in [0.4, 0.5) is 0 Å². The first-order valence-corrected chi connectivity index (χ1v) is 4.80. The third kappa shape index (κ3) is 3.99. The first-order chi connectivity index (χ1) is 6.33. The van der Waals surface area contributed by atoms with Gasteiger partial charge in [-0.25, -0.2) is 0 Å². The molecule has 0 aliphatic carbocycles. The number of hydrogen-bond acceptors (Lipinski definition) is 1. The minimum Gasteiger partial charge on any atom is -0.355 e. The molecule has 72 valence electrons. The molecule has 0 saturated heterocycles. The zero-order valence-corrected chi connectivity index (χ0v) is 8.13. The first kappa shape index (κ1) is 10.1. The summed E-state index contributed by atoms with van der Waals surface area (Å²) in [5, 5.41) is 2.71. The molecule has 4 heteroatoms. The number of rotatable bonds is 5. The smallest absolute Gasteiger partial charge is 0.234 e. The van der Waals surface area contributed by atoms with Crippen LogP contribution >= 0.6 is 11.6 Å². The fraction of sp³-hybridized carbons (Fsp3) is 0.444. The molecule has 3 nitrogen and oxygen atoms in total. The number of halogens is 1. The number of carbonyl (C=O) groups is 1. The van der Waals surface area contributed by atoms with Crippen molar-refractivity contribution in [1.29, 1.82) is 0 Å². The van der Waals surface area contributed by atoms with E-state index in [1.807, 2.05) is 24.5 Å². The largest absolute Gasteiger partial charge is 0.355 e. The lowest BCUT2D eigenvalue weighted by Crippen LogP contribution is -2.25. The van der Waals surface area contributed by atoms with Crippen LogP contribution < -0.4 is 5.32 Å². The summed E-state index contributed by atoms with van der Waals surface area (Å²) in [5.74, 6) is -0.0575. The summed E-state index contributed by atoms with van der Waals surface area (Å²) in [6, 6.07) is 3.97. The molecule has 0 atom stereocenters. The molecule has 0 fully saturated rings. The minimum absolute atomic E-state index is 0.0452. The Morgan fingerprint density at radius 2 is 2.08 bits per heavy atom. The summed E-state index contributed by atoms with van der Waals surface area (Å²) in [5.41, 5.74) is 0. The van der Waals surface area contributed by atoms with Crippen molar-refractivity contribution in [3.05, 3.63) is 24.5 Å². The van der Waals surface area contributed by atoms with Gasteiger partial charge in [-0.3, -0.25) is 4.79 Å². The van der Waals surface area contributed by atoms with Crippen LogP contribution in [0.25, 0.3) is 0 Å². The average molecular weight is 201 g/mol. The molecule has 13 heavy (non-hydrogen) atoms. The monoisotopic (exact) mass is 200 g/mol. The van der Waals surface area contributed by atoms with Gasteiger partial charge in [0.25, 0.3) is 0 Å². The van der Waals surface area contributed by atoms with Crippen molar-refractivity contribution in [2.75, 3.05) is 12.4 Å². The standard InChI is InChI=1S/C9H13ClN2O/c10-8-9(13)11-4-3-7-12-5-1-2-6-12/h1-2,5-6H,3-4,7-8H2,(H,11,13). The van der Waals surface area contributed by atoms with Crippen molar-refractivity contribution in [3.8, 4) is 0 Å². The highest BCUT2D eigenvalue weighted by atomic mass is 35.5. The van der Waals surface area contributed by atoms with Crippen LogP contribution in [0, 0.1) is 0 Å². The maximum absolute atomic E-state index is 10.7. The maximum Gasteiger partial charge on any atom is 0.234 e. The Morgan fingerprint density at radius 1 is 1.38 bits per heavy atom. The second-order valence-corrected chi connectivity index (χ2v) is 3.03. The number of aryl methyl sites for hydroxylation is 1. The van der Waals surface area contributed by atoms with E-state index in [4.69, 9.17) is 11.6 Å². The van der Waals surface area contributed by atoms with Crippen LogP contribution in [-0.4, -0.2) is 22.9 Å². The van der Waals surface area contributed by atoms with Crippen LogP contribution in [0.1, 0.15) is 6.42 Å². The normalized spacial score (nSPS) is 9.92. The van der Waals surface area contributed by atoms with Gasteiger partial charge >= 0.3 is 0 Å². The summed E-state index contributed by atoms with van der Waals surface area (Å²) in [4.78, 5) is 10.7. The molecule has 0 aliphatic rings. The van der Waals surface area contributed by atoms with Gasteiger partial charge < -0.3 is 9.88 Å². The number of aromatic nitrogens is 1. The number of carbonyl (C=O) groups excluding carboxylic acids is 1. The number of alkyl halides is 1. The third-order valence-electron chi connectivity index (χ3n) is 1.70. The molecule has 0 unspecified atom stereocenters. The first-order valence-electron chi connectivity index (χ1n) is 4.26. The lowest BCUT2D eigenvalue weighted by Gasteiger charge is -2.03. The van der Waals surface area contributed by atoms with E-state index in [2.05, 4.69) is 9.88 Å². The quantitative estimate of drug-likeness (QED) is 0.563. The Hall–Kier alpha value is -0.960. The van der Waals surface area contributed by atoms with Crippen LogP contribution in [0.15, 0.2) is 24.5 Å². The van der Waals surface area contributed by atoms with E-state index in [0.717, 1.165) is 13.0 Å². The van der Waals surface area contributed by atoms with Gasteiger partial charge in [-0.2, -0.15) is 0 Å². The van der Waals surface area contributed by atoms with Crippen LogP contribution in [-0.2, 0) is 11.3 Å². The predicted molar refractivity (Wildman–Crippen MR) is 52.8 cm³/mol. The molecular formula is C9H13ClN2O. The highest BCUT2D eigenvalue weighted by Gasteiger charge is 1.95. The van der Waals surface area contributed by atoms with Gasteiger partial charge in [-0.15, -0.1) is 11.6 Å². The molecule has 1 aromatic heterocycles. The summed E-state index contributed by atoms with van der Waals surface area (Å²) in [7, 11) is 0. The van der Waals surface area contributed by atoms with Crippen molar-refractivity contribution < 1.29 is 4.79 Å². The Balaban J connectivity index is 2.05. The lowest BCUT2D eigenvalue weighted by atomic mass is 10.4. The van der Waals surface area contributed by atoms with Crippen LogP contribution in [0.3, 0.4) is 0 Å². The van der Waals surface area contributed by atoms with Gasteiger partial charge in [0, 0.05) is 25.5 Å². The molecule has 0 spiro atoms.